The van der Waals surface area contributed by atoms with Gasteiger partial charge in [-0.2, -0.15) is 0 Å². The lowest BCUT2D eigenvalue weighted by molar-refractivity contribution is 0.319. The van der Waals surface area contributed by atoms with Gasteiger partial charge in [0.05, 0.1) is 17.7 Å². The molecule has 1 atom stereocenters. The number of anilines is 2. The lowest BCUT2D eigenvalue weighted by Gasteiger charge is -2.18. The van der Waals surface area contributed by atoms with Crippen molar-refractivity contribution in [3.63, 3.8) is 0 Å². The number of benzene rings is 1. The maximum Gasteiger partial charge on any atom is 0.142 e. The zero-order chi connectivity index (χ0) is 17.2. The summed E-state index contributed by atoms with van der Waals surface area (Å²) in [6, 6.07) is 8.06. The van der Waals surface area contributed by atoms with Gasteiger partial charge in [-0.3, -0.25) is 0 Å². The number of thiophene rings is 1. The van der Waals surface area contributed by atoms with Gasteiger partial charge < -0.3 is 10.1 Å². The summed E-state index contributed by atoms with van der Waals surface area (Å²) in [7, 11) is 0. The Morgan fingerprint density at radius 2 is 2.16 bits per heavy atom. The Kier molecular flexibility index (Phi) is 4.57. The summed E-state index contributed by atoms with van der Waals surface area (Å²) in [5, 5.41) is 4.70. The molecule has 0 spiro atoms. The molecular weight excluding hydrogens is 330 g/mol. The molecule has 1 N–H and O–H groups in total. The molecule has 2 heterocycles. The number of aryl methyl sites for hydroxylation is 1. The number of nitrogens with zero attached hydrogens (tertiary/aromatic N) is 2. The van der Waals surface area contributed by atoms with Gasteiger partial charge in [0, 0.05) is 4.88 Å². The van der Waals surface area contributed by atoms with Crippen molar-refractivity contribution in [2.75, 3.05) is 11.9 Å². The smallest absolute Gasteiger partial charge is 0.142 e. The SMILES string of the molecule is CCCOc1ccccc1Nc1ncnc2sc3c(c12)CCC(C)C3. The maximum atomic E-state index is 5.88. The highest BCUT2D eigenvalue weighted by atomic mass is 32.1. The van der Waals surface area contributed by atoms with Gasteiger partial charge in [-0.05, 0) is 49.3 Å². The summed E-state index contributed by atoms with van der Waals surface area (Å²) >= 11 is 1.82. The van der Waals surface area contributed by atoms with Crippen molar-refractivity contribution in [1.82, 2.24) is 9.97 Å². The van der Waals surface area contributed by atoms with E-state index in [4.69, 9.17) is 4.74 Å². The molecule has 1 aromatic carbocycles. The zero-order valence-corrected chi connectivity index (χ0v) is 15.5. The van der Waals surface area contributed by atoms with Gasteiger partial charge in [0.1, 0.15) is 22.7 Å². The van der Waals surface area contributed by atoms with Crippen LogP contribution < -0.4 is 10.1 Å². The summed E-state index contributed by atoms with van der Waals surface area (Å²) in [5.74, 6) is 2.52. The Hall–Kier alpha value is -2.14. The zero-order valence-electron chi connectivity index (χ0n) is 14.7. The van der Waals surface area contributed by atoms with Crippen LogP contribution in [0.4, 0.5) is 11.5 Å². The molecule has 0 saturated heterocycles. The van der Waals surface area contributed by atoms with Crippen molar-refractivity contribution in [2.24, 2.45) is 5.92 Å². The number of hydrogen-bond donors (Lipinski definition) is 1. The second-order valence-electron chi connectivity index (χ2n) is 6.72. The quantitative estimate of drug-likeness (QED) is 0.672. The molecule has 25 heavy (non-hydrogen) atoms. The van der Waals surface area contributed by atoms with Crippen LogP contribution in [0.5, 0.6) is 5.75 Å². The highest BCUT2D eigenvalue weighted by Gasteiger charge is 2.23. The number of aromatic nitrogens is 2. The predicted molar refractivity (Wildman–Crippen MR) is 104 cm³/mol. The third kappa shape index (κ3) is 3.21. The number of rotatable bonds is 5. The van der Waals surface area contributed by atoms with E-state index in [-0.39, 0.29) is 0 Å². The molecule has 130 valence electrons. The first-order valence-electron chi connectivity index (χ1n) is 9.00. The first kappa shape index (κ1) is 16.3. The largest absolute Gasteiger partial charge is 0.491 e. The molecular formula is C20H23N3OS. The monoisotopic (exact) mass is 353 g/mol. The average molecular weight is 353 g/mol. The summed E-state index contributed by atoms with van der Waals surface area (Å²) in [6.07, 6.45) is 6.16. The van der Waals surface area contributed by atoms with E-state index in [0.29, 0.717) is 6.61 Å². The Labute approximate surface area is 152 Å². The standard InChI is InChI=1S/C20H23N3OS/c1-3-10-24-16-7-5-4-6-15(16)23-19-18-14-9-8-13(2)11-17(14)25-20(18)22-12-21-19/h4-7,12-13H,3,8-11H2,1-2H3,(H,21,22,23). The van der Waals surface area contributed by atoms with Crippen LogP contribution in [-0.2, 0) is 12.8 Å². The average Bonchev–Trinajstić information content (AvgIpc) is 2.99. The second kappa shape index (κ2) is 7.00. The van der Waals surface area contributed by atoms with Crippen LogP contribution in [0.15, 0.2) is 30.6 Å². The number of ether oxygens (including phenoxy) is 1. The first-order chi connectivity index (χ1) is 12.3. The van der Waals surface area contributed by atoms with Crippen molar-refractivity contribution in [1.29, 1.82) is 0 Å². The van der Waals surface area contributed by atoms with Crippen molar-refractivity contribution >= 4 is 33.1 Å². The van der Waals surface area contributed by atoms with Crippen molar-refractivity contribution < 1.29 is 4.74 Å². The van der Waals surface area contributed by atoms with Crippen molar-refractivity contribution in [3.05, 3.63) is 41.0 Å². The maximum absolute atomic E-state index is 5.88. The van der Waals surface area contributed by atoms with E-state index >= 15 is 0 Å². The second-order valence-corrected chi connectivity index (χ2v) is 7.81. The Morgan fingerprint density at radius 3 is 3.04 bits per heavy atom. The van der Waals surface area contributed by atoms with Gasteiger partial charge in [0.2, 0.25) is 0 Å². The van der Waals surface area contributed by atoms with Crippen molar-refractivity contribution in [3.8, 4) is 5.75 Å². The lowest BCUT2D eigenvalue weighted by atomic mass is 9.89. The van der Waals surface area contributed by atoms with Crippen molar-refractivity contribution in [2.45, 2.75) is 39.5 Å². The first-order valence-corrected chi connectivity index (χ1v) is 9.82. The van der Waals surface area contributed by atoms with Crippen LogP contribution in [0.3, 0.4) is 0 Å². The van der Waals surface area contributed by atoms with Gasteiger partial charge in [-0.25, -0.2) is 9.97 Å². The van der Waals surface area contributed by atoms with Crippen LogP contribution in [0.25, 0.3) is 10.2 Å². The van der Waals surface area contributed by atoms with E-state index in [1.165, 1.54) is 22.2 Å². The molecule has 4 rings (SSSR count). The Balaban J connectivity index is 1.73. The third-order valence-electron chi connectivity index (χ3n) is 4.69. The predicted octanol–water partition coefficient (Wildman–Crippen LogP) is 5.35. The third-order valence-corrected chi connectivity index (χ3v) is 5.86. The molecule has 0 radical (unpaired) electrons. The van der Waals surface area contributed by atoms with E-state index in [2.05, 4.69) is 29.1 Å². The molecule has 0 aliphatic heterocycles. The van der Waals surface area contributed by atoms with Gasteiger partial charge in [0.25, 0.3) is 0 Å². The summed E-state index contributed by atoms with van der Waals surface area (Å²) in [5.41, 5.74) is 2.40. The lowest BCUT2D eigenvalue weighted by Crippen LogP contribution is -2.09. The molecule has 1 aliphatic carbocycles. The Bertz CT molecular complexity index is 890. The molecule has 1 unspecified atom stereocenters. The minimum Gasteiger partial charge on any atom is -0.491 e. The van der Waals surface area contributed by atoms with Crippen LogP contribution in [-0.4, -0.2) is 16.6 Å². The number of hydrogen-bond acceptors (Lipinski definition) is 5. The number of nitrogens with one attached hydrogen (secondary N) is 1. The van der Waals surface area contributed by atoms with Gasteiger partial charge >= 0.3 is 0 Å². The normalized spacial score (nSPS) is 16.6. The van der Waals surface area contributed by atoms with Gasteiger partial charge in [-0.1, -0.05) is 26.0 Å². The molecule has 0 saturated carbocycles. The van der Waals surface area contributed by atoms with Crippen LogP contribution >= 0.6 is 11.3 Å². The molecule has 0 bridgehead atoms. The van der Waals surface area contributed by atoms with Gasteiger partial charge in [-0.15, -0.1) is 11.3 Å². The van der Waals surface area contributed by atoms with Gasteiger partial charge in [0.15, 0.2) is 0 Å². The van der Waals surface area contributed by atoms with Crippen LogP contribution in [0, 0.1) is 5.92 Å². The van der Waals surface area contributed by atoms with E-state index in [0.717, 1.165) is 47.3 Å². The molecule has 0 amide bonds. The summed E-state index contributed by atoms with van der Waals surface area (Å²) in [4.78, 5) is 11.6. The minimum atomic E-state index is 0.712. The molecule has 2 aromatic heterocycles. The van der Waals surface area contributed by atoms with Crippen LogP contribution in [0.1, 0.15) is 37.1 Å². The molecule has 1 aliphatic rings. The Morgan fingerprint density at radius 1 is 1.28 bits per heavy atom. The highest BCUT2D eigenvalue weighted by Crippen LogP contribution is 2.40. The van der Waals surface area contributed by atoms with E-state index in [1.54, 1.807) is 6.33 Å². The molecule has 0 fully saturated rings. The molecule has 3 aromatic rings. The number of para-hydroxylation sites is 2. The summed E-state index contributed by atoms with van der Waals surface area (Å²) < 4.78 is 5.88. The number of fused-ring (bicyclic) bond motifs is 3. The molecule has 4 nitrogen and oxygen atoms in total. The fourth-order valence-electron chi connectivity index (χ4n) is 3.41. The minimum absolute atomic E-state index is 0.712. The topological polar surface area (TPSA) is 47.0 Å². The summed E-state index contributed by atoms with van der Waals surface area (Å²) in [6.45, 7) is 5.16. The fourth-order valence-corrected chi connectivity index (χ4v) is 4.76. The molecule has 5 heteroatoms. The fraction of sp³-hybridized carbons (Fsp3) is 0.400. The van der Waals surface area contributed by atoms with E-state index in [1.807, 2.05) is 35.6 Å². The highest BCUT2D eigenvalue weighted by molar-refractivity contribution is 7.19. The van der Waals surface area contributed by atoms with Crippen LogP contribution in [0.2, 0.25) is 0 Å². The van der Waals surface area contributed by atoms with E-state index < -0.39 is 0 Å². The van der Waals surface area contributed by atoms with E-state index in [9.17, 15) is 0 Å².